The predicted octanol–water partition coefficient (Wildman–Crippen LogP) is 1.73. The number of carboxylic acids is 1. The molecule has 0 radical (unpaired) electrons. The molecule has 0 spiro atoms. The minimum absolute atomic E-state index is 0.124. The largest absolute Gasteiger partial charge is 0.480 e. The Morgan fingerprint density at radius 3 is 2.30 bits per heavy atom. The van der Waals surface area contributed by atoms with Crippen molar-refractivity contribution in [1.29, 1.82) is 0 Å². The second-order valence-corrected chi connectivity index (χ2v) is 5.74. The van der Waals surface area contributed by atoms with Crippen molar-refractivity contribution >= 4 is 11.9 Å². The summed E-state index contributed by atoms with van der Waals surface area (Å²) >= 11 is 0. The van der Waals surface area contributed by atoms with E-state index in [9.17, 15) is 9.59 Å². The monoisotopic (exact) mass is 279 g/mol. The minimum atomic E-state index is -1.05. The number of carbonyl (C=O) groups excluding carboxylic acids is 1. The van der Waals surface area contributed by atoms with Gasteiger partial charge in [-0.05, 0) is 38.3 Å². The number of aliphatic carboxylic acids is 1. The molecule has 1 rings (SSSR count). The molecule has 0 aliphatic carbocycles. The summed E-state index contributed by atoms with van der Waals surface area (Å²) in [6.07, 6.45) is 0.207. The first kappa shape index (κ1) is 16.2. The van der Waals surface area contributed by atoms with Crippen LogP contribution in [0.1, 0.15) is 31.9 Å². The van der Waals surface area contributed by atoms with Crippen molar-refractivity contribution in [2.45, 2.75) is 39.8 Å². The molecule has 0 saturated heterocycles. The van der Waals surface area contributed by atoms with Gasteiger partial charge in [0.15, 0.2) is 0 Å². The normalized spacial score (nSPS) is 12.8. The summed E-state index contributed by atoms with van der Waals surface area (Å²) in [6.45, 7) is 5.46. The van der Waals surface area contributed by atoms with Gasteiger partial charge in [0.1, 0.15) is 12.6 Å². The third-order valence-electron chi connectivity index (χ3n) is 2.85. The Bertz CT molecular complexity index is 491. The number of rotatable bonds is 5. The van der Waals surface area contributed by atoms with Gasteiger partial charge >= 0.3 is 11.9 Å². The van der Waals surface area contributed by atoms with E-state index in [0.717, 1.165) is 11.1 Å². The highest BCUT2D eigenvalue weighted by Crippen LogP contribution is 2.18. The standard InChI is InChI=1S/C15H21NO4/c1-15(2,3)14(19)20-9-11-7-5-4-6-10(11)8-12(16)13(17)18/h4-7,12H,8-9,16H2,1-3H3,(H,17,18). The first-order valence-corrected chi connectivity index (χ1v) is 6.44. The number of nitrogens with two attached hydrogens (primary N) is 1. The van der Waals surface area contributed by atoms with Gasteiger partial charge in [-0.15, -0.1) is 0 Å². The summed E-state index contributed by atoms with van der Waals surface area (Å²) in [5, 5.41) is 8.85. The highest BCUT2D eigenvalue weighted by atomic mass is 16.5. The molecule has 1 aromatic carbocycles. The van der Waals surface area contributed by atoms with E-state index in [1.165, 1.54) is 0 Å². The molecule has 0 aromatic heterocycles. The van der Waals surface area contributed by atoms with E-state index in [1.807, 2.05) is 6.07 Å². The topological polar surface area (TPSA) is 89.6 Å². The first-order valence-electron chi connectivity index (χ1n) is 6.44. The Kier molecular flexibility index (Phi) is 5.27. The van der Waals surface area contributed by atoms with Crippen LogP contribution in [0, 0.1) is 5.41 Å². The molecule has 0 fully saturated rings. The average Bonchev–Trinajstić information content (AvgIpc) is 2.36. The lowest BCUT2D eigenvalue weighted by Gasteiger charge is -2.18. The number of hydrogen-bond donors (Lipinski definition) is 2. The average molecular weight is 279 g/mol. The van der Waals surface area contributed by atoms with Crippen LogP contribution in [0.4, 0.5) is 0 Å². The Morgan fingerprint density at radius 2 is 1.80 bits per heavy atom. The van der Waals surface area contributed by atoms with Gasteiger partial charge in [-0.25, -0.2) is 0 Å². The molecule has 0 heterocycles. The summed E-state index contributed by atoms with van der Waals surface area (Å²) in [5.41, 5.74) is 6.53. The highest BCUT2D eigenvalue weighted by Gasteiger charge is 2.23. The molecule has 0 aliphatic heterocycles. The second-order valence-electron chi connectivity index (χ2n) is 5.74. The predicted molar refractivity (Wildman–Crippen MR) is 75.0 cm³/mol. The van der Waals surface area contributed by atoms with E-state index < -0.39 is 17.4 Å². The van der Waals surface area contributed by atoms with Crippen molar-refractivity contribution in [3.05, 3.63) is 35.4 Å². The maximum atomic E-state index is 11.7. The summed E-state index contributed by atoms with van der Waals surface area (Å²) in [4.78, 5) is 22.5. The zero-order valence-electron chi connectivity index (χ0n) is 12.1. The van der Waals surface area contributed by atoms with E-state index in [0.29, 0.717) is 0 Å². The maximum absolute atomic E-state index is 11.7. The molecule has 110 valence electrons. The summed E-state index contributed by atoms with van der Waals surface area (Å²) in [7, 11) is 0. The number of carbonyl (C=O) groups is 2. The molecule has 5 heteroatoms. The fraction of sp³-hybridized carbons (Fsp3) is 0.467. The number of ether oxygens (including phenoxy) is 1. The van der Waals surface area contributed by atoms with Crippen molar-refractivity contribution in [2.24, 2.45) is 11.1 Å². The molecule has 0 bridgehead atoms. The highest BCUT2D eigenvalue weighted by molar-refractivity contribution is 5.75. The first-order chi connectivity index (χ1) is 9.21. The van der Waals surface area contributed by atoms with Gasteiger partial charge < -0.3 is 15.6 Å². The van der Waals surface area contributed by atoms with Crippen LogP contribution in [0.5, 0.6) is 0 Å². The molecule has 1 unspecified atom stereocenters. The molecule has 20 heavy (non-hydrogen) atoms. The van der Waals surface area contributed by atoms with Crippen LogP contribution in [0.15, 0.2) is 24.3 Å². The van der Waals surface area contributed by atoms with Crippen LogP contribution in [0.2, 0.25) is 0 Å². The van der Waals surface area contributed by atoms with Gasteiger partial charge in [0.05, 0.1) is 5.41 Å². The van der Waals surface area contributed by atoms with Gasteiger partial charge in [0.2, 0.25) is 0 Å². The molecule has 5 nitrogen and oxygen atoms in total. The molecular weight excluding hydrogens is 258 g/mol. The lowest BCUT2D eigenvalue weighted by molar-refractivity contribution is -0.154. The van der Waals surface area contributed by atoms with Crippen molar-refractivity contribution < 1.29 is 19.4 Å². The van der Waals surface area contributed by atoms with Crippen molar-refractivity contribution in [1.82, 2.24) is 0 Å². The summed E-state index contributed by atoms with van der Waals surface area (Å²) in [6, 6.07) is 6.26. The van der Waals surface area contributed by atoms with Gasteiger partial charge in [0.25, 0.3) is 0 Å². The molecule has 1 aromatic rings. The van der Waals surface area contributed by atoms with Gasteiger partial charge in [-0.1, -0.05) is 24.3 Å². The molecule has 1 atom stereocenters. The lowest BCUT2D eigenvalue weighted by Crippen LogP contribution is -2.32. The Morgan fingerprint density at radius 1 is 1.25 bits per heavy atom. The van der Waals surface area contributed by atoms with E-state index in [2.05, 4.69) is 0 Å². The lowest BCUT2D eigenvalue weighted by atomic mass is 9.97. The molecule has 0 aliphatic rings. The molecule has 0 saturated carbocycles. The third kappa shape index (κ3) is 4.66. The van der Waals surface area contributed by atoms with Crippen molar-refractivity contribution in [3.8, 4) is 0 Å². The van der Waals surface area contributed by atoms with E-state index in [4.69, 9.17) is 15.6 Å². The fourth-order valence-electron chi connectivity index (χ4n) is 1.58. The van der Waals surface area contributed by atoms with Crippen molar-refractivity contribution in [3.63, 3.8) is 0 Å². The van der Waals surface area contributed by atoms with Crippen LogP contribution in [0.25, 0.3) is 0 Å². The van der Waals surface area contributed by atoms with Gasteiger partial charge in [0, 0.05) is 0 Å². The molecule has 0 amide bonds. The SMILES string of the molecule is CC(C)(C)C(=O)OCc1ccccc1CC(N)C(=O)O. The van der Waals surface area contributed by atoms with Crippen LogP contribution in [0.3, 0.4) is 0 Å². The fourth-order valence-corrected chi connectivity index (χ4v) is 1.58. The number of esters is 1. The quantitative estimate of drug-likeness (QED) is 0.801. The maximum Gasteiger partial charge on any atom is 0.320 e. The Hall–Kier alpha value is -1.88. The number of carboxylic acid groups (broad SMARTS) is 1. The number of hydrogen-bond acceptors (Lipinski definition) is 4. The zero-order chi connectivity index (χ0) is 15.3. The van der Waals surface area contributed by atoms with Crippen LogP contribution < -0.4 is 5.73 Å². The van der Waals surface area contributed by atoms with Crippen LogP contribution >= 0.6 is 0 Å². The Balaban J connectivity index is 2.76. The Labute approximate surface area is 118 Å². The molecular formula is C15H21NO4. The third-order valence-corrected chi connectivity index (χ3v) is 2.85. The number of benzene rings is 1. The van der Waals surface area contributed by atoms with Gasteiger partial charge in [-0.3, -0.25) is 9.59 Å². The zero-order valence-corrected chi connectivity index (χ0v) is 12.1. The second kappa shape index (κ2) is 6.52. The smallest absolute Gasteiger partial charge is 0.320 e. The van der Waals surface area contributed by atoms with E-state index in [1.54, 1.807) is 39.0 Å². The van der Waals surface area contributed by atoms with Gasteiger partial charge in [-0.2, -0.15) is 0 Å². The van der Waals surface area contributed by atoms with E-state index >= 15 is 0 Å². The van der Waals surface area contributed by atoms with Crippen LogP contribution in [-0.4, -0.2) is 23.1 Å². The summed E-state index contributed by atoms with van der Waals surface area (Å²) < 4.78 is 5.25. The van der Waals surface area contributed by atoms with Crippen LogP contribution in [-0.2, 0) is 27.4 Å². The minimum Gasteiger partial charge on any atom is -0.480 e. The summed E-state index contributed by atoms with van der Waals surface area (Å²) in [5.74, 6) is -1.35. The van der Waals surface area contributed by atoms with E-state index in [-0.39, 0.29) is 19.0 Å². The molecule has 3 N–H and O–H groups in total. The van der Waals surface area contributed by atoms with Crippen molar-refractivity contribution in [2.75, 3.05) is 0 Å².